The summed E-state index contributed by atoms with van der Waals surface area (Å²) in [5.41, 5.74) is 4.80. The zero-order valence-corrected chi connectivity index (χ0v) is 13.2. The van der Waals surface area contributed by atoms with E-state index in [-0.39, 0.29) is 6.23 Å². The normalized spacial score (nSPS) is 25.0. The van der Waals surface area contributed by atoms with Gasteiger partial charge in [-0.1, -0.05) is 13.0 Å². The molecule has 0 spiro atoms. The molecule has 2 atom stereocenters. The van der Waals surface area contributed by atoms with Gasteiger partial charge in [-0.25, -0.2) is 4.68 Å². The van der Waals surface area contributed by atoms with Crippen LogP contribution in [0.3, 0.4) is 0 Å². The molecule has 4 nitrogen and oxygen atoms in total. The van der Waals surface area contributed by atoms with Crippen LogP contribution in [-0.2, 0) is 11.2 Å². The number of hydrogen-bond acceptors (Lipinski definition) is 3. The fourth-order valence-electron chi connectivity index (χ4n) is 3.68. The lowest BCUT2D eigenvalue weighted by molar-refractivity contribution is -0.0384. The average molecular weight is 297 g/mol. The molecule has 4 rings (SSSR count). The van der Waals surface area contributed by atoms with Crippen LogP contribution in [0, 0.1) is 0 Å². The van der Waals surface area contributed by atoms with E-state index in [0.29, 0.717) is 5.92 Å². The van der Waals surface area contributed by atoms with Gasteiger partial charge in [0.15, 0.2) is 6.23 Å². The molecule has 0 bridgehead atoms. The first-order valence-electron chi connectivity index (χ1n) is 8.48. The molecule has 4 heteroatoms. The molecule has 1 aliphatic carbocycles. The summed E-state index contributed by atoms with van der Waals surface area (Å²) in [5, 5.41) is 4.50. The highest BCUT2D eigenvalue weighted by atomic mass is 16.5. The van der Waals surface area contributed by atoms with Gasteiger partial charge >= 0.3 is 0 Å². The SMILES string of the molecule is C[C@H]1CCCc2ccc(-c3ccnn3C3CCCCO3)nc21. The molecule has 1 saturated heterocycles. The number of aromatic nitrogens is 3. The van der Waals surface area contributed by atoms with E-state index in [0.717, 1.165) is 37.3 Å². The standard InChI is InChI=1S/C18H23N3O/c1-13-5-4-6-14-8-9-15(20-18(13)14)16-10-11-19-21(16)17-7-2-3-12-22-17/h8-11,13,17H,2-7,12H2,1H3/t13-,17?/m0/s1. The maximum Gasteiger partial charge on any atom is 0.150 e. The Kier molecular flexibility index (Phi) is 3.70. The number of rotatable bonds is 2. The molecule has 0 amide bonds. The fraction of sp³-hybridized carbons (Fsp3) is 0.556. The minimum absolute atomic E-state index is 0.0639. The van der Waals surface area contributed by atoms with E-state index in [4.69, 9.17) is 9.72 Å². The number of aryl methyl sites for hydroxylation is 1. The number of pyridine rings is 1. The van der Waals surface area contributed by atoms with Crippen molar-refractivity contribution in [3.8, 4) is 11.4 Å². The second-order valence-corrected chi connectivity index (χ2v) is 6.52. The van der Waals surface area contributed by atoms with E-state index >= 15 is 0 Å². The highest BCUT2D eigenvalue weighted by molar-refractivity contribution is 5.55. The maximum absolute atomic E-state index is 5.89. The van der Waals surface area contributed by atoms with Crippen molar-refractivity contribution < 1.29 is 4.74 Å². The molecular weight excluding hydrogens is 274 g/mol. The quantitative estimate of drug-likeness (QED) is 0.838. The summed E-state index contributed by atoms with van der Waals surface area (Å²) >= 11 is 0. The van der Waals surface area contributed by atoms with Crippen molar-refractivity contribution in [3.05, 3.63) is 35.7 Å². The van der Waals surface area contributed by atoms with Crippen LogP contribution in [0.1, 0.15) is 62.4 Å². The van der Waals surface area contributed by atoms with Gasteiger partial charge < -0.3 is 4.74 Å². The van der Waals surface area contributed by atoms with E-state index in [1.807, 2.05) is 10.9 Å². The summed E-state index contributed by atoms with van der Waals surface area (Å²) in [7, 11) is 0. The van der Waals surface area contributed by atoms with Gasteiger partial charge in [0.2, 0.25) is 0 Å². The first-order valence-corrected chi connectivity index (χ1v) is 8.48. The molecule has 2 aromatic heterocycles. The Hall–Kier alpha value is -1.68. The zero-order chi connectivity index (χ0) is 14.9. The zero-order valence-electron chi connectivity index (χ0n) is 13.2. The van der Waals surface area contributed by atoms with Crippen LogP contribution < -0.4 is 0 Å². The van der Waals surface area contributed by atoms with Gasteiger partial charge in [0.25, 0.3) is 0 Å². The second kappa shape index (κ2) is 5.84. The topological polar surface area (TPSA) is 39.9 Å². The third-order valence-electron chi connectivity index (χ3n) is 4.92. The third-order valence-corrected chi connectivity index (χ3v) is 4.92. The fourth-order valence-corrected chi connectivity index (χ4v) is 3.68. The van der Waals surface area contributed by atoms with Gasteiger partial charge in [-0.2, -0.15) is 5.10 Å². The lowest BCUT2D eigenvalue weighted by atomic mass is 9.87. The maximum atomic E-state index is 5.89. The van der Waals surface area contributed by atoms with Crippen molar-refractivity contribution >= 4 is 0 Å². The summed E-state index contributed by atoms with van der Waals surface area (Å²) in [6.07, 6.45) is 9.01. The Bertz CT molecular complexity index is 658. The third kappa shape index (κ3) is 2.45. The van der Waals surface area contributed by atoms with Crippen molar-refractivity contribution in [2.24, 2.45) is 0 Å². The minimum atomic E-state index is 0.0639. The monoisotopic (exact) mass is 297 g/mol. The van der Waals surface area contributed by atoms with Crippen LogP contribution >= 0.6 is 0 Å². The van der Waals surface area contributed by atoms with Crippen LogP contribution in [0.15, 0.2) is 24.4 Å². The Morgan fingerprint density at radius 3 is 2.95 bits per heavy atom. The van der Waals surface area contributed by atoms with E-state index in [1.165, 1.54) is 30.5 Å². The van der Waals surface area contributed by atoms with Gasteiger partial charge in [0.05, 0.1) is 11.4 Å². The van der Waals surface area contributed by atoms with Crippen LogP contribution in [-0.4, -0.2) is 21.4 Å². The Morgan fingerprint density at radius 1 is 1.14 bits per heavy atom. The summed E-state index contributed by atoms with van der Waals surface area (Å²) in [6, 6.07) is 6.46. The van der Waals surface area contributed by atoms with Gasteiger partial charge in [-0.3, -0.25) is 4.98 Å². The van der Waals surface area contributed by atoms with E-state index in [2.05, 4.69) is 30.2 Å². The van der Waals surface area contributed by atoms with Crippen molar-refractivity contribution in [2.45, 2.75) is 57.6 Å². The lowest BCUT2D eigenvalue weighted by Gasteiger charge is -2.25. The molecule has 116 valence electrons. The van der Waals surface area contributed by atoms with Crippen LogP contribution in [0.25, 0.3) is 11.4 Å². The molecule has 0 saturated carbocycles. The summed E-state index contributed by atoms with van der Waals surface area (Å²) in [4.78, 5) is 4.98. The first kappa shape index (κ1) is 13.9. The molecule has 2 aromatic rings. The molecule has 3 heterocycles. The van der Waals surface area contributed by atoms with Gasteiger partial charge in [-0.15, -0.1) is 0 Å². The molecular formula is C18H23N3O. The molecule has 0 N–H and O–H groups in total. The van der Waals surface area contributed by atoms with Gasteiger partial charge in [0.1, 0.15) is 0 Å². The molecule has 1 unspecified atom stereocenters. The molecule has 2 aliphatic rings. The number of hydrogen-bond donors (Lipinski definition) is 0. The Labute approximate surface area is 131 Å². The van der Waals surface area contributed by atoms with Crippen molar-refractivity contribution in [2.75, 3.05) is 6.61 Å². The average Bonchev–Trinajstić information content (AvgIpc) is 3.05. The second-order valence-electron chi connectivity index (χ2n) is 6.52. The highest BCUT2D eigenvalue weighted by Crippen LogP contribution is 2.33. The summed E-state index contributed by atoms with van der Waals surface area (Å²) in [6.45, 7) is 3.12. The number of fused-ring (bicyclic) bond motifs is 1. The molecule has 0 radical (unpaired) electrons. The van der Waals surface area contributed by atoms with Crippen molar-refractivity contribution in [3.63, 3.8) is 0 Å². The number of ether oxygens (including phenoxy) is 1. The van der Waals surface area contributed by atoms with E-state index in [1.54, 1.807) is 0 Å². The minimum Gasteiger partial charge on any atom is -0.356 e. The summed E-state index contributed by atoms with van der Waals surface area (Å²) < 4.78 is 7.91. The highest BCUT2D eigenvalue weighted by Gasteiger charge is 2.22. The van der Waals surface area contributed by atoms with Crippen molar-refractivity contribution in [1.82, 2.24) is 14.8 Å². The lowest BCUT2D eigenvalue weighted by Crippen LogP contribution is -2.20. The molecule has 0 aromatic carbocycles. The first-order chi connectivity index (χ1) is 10.8. The smallest absolute Gasteiger partial charge is 0.150 e. The Balaban J connectivity index is 1.70. The molecule has 1 fully saturated rings. The van der Waals surface area contributed by atoms with Gasteiger partial charge in [0, 0.05) is 18.5 Å². The number of nitrogens with zero attached hydrogens (tertiary/aromatic N) is 3. The van der Waals surface area contributed by atoms with Crippen LogP contribution in [0.2, 0.25) is 0 Å². The Morgan fingerprint density at radius 2 is 2.09 bits per heavy atom. The predicted octanol–water partition coefficient (Wildman–Crippen LogP) is 4.08. The van der Waals surface area contributed by atoms with Crippen LogP contribution in [0.4, 0.5) is 0 Å². The largest absolute Gasteiger partial charge is 0.356 e. The van der Waals surface area contributed by atoms with Crippen molar-refractivity contribution in [1.29, 1.82) is 0 Å². The molecule has 22 heavy (non-hydrogen) atoms. The summed E-state index contributed by atoms with van der Waals surface area (Å²) in [5.74, 6) is 0.561. The van der Waals surface area contributed by atoms with Gasteiger partial charge in [-0.05, 0) is 62.1 Å². The van der Waals surface area contributed by atoms with Crippen LogP contribution in [0.5, 0.6) is 0 Å². The molecule has 1 aliphatic heterocycles. The van der Waals surface area contributed by atoms with E-state index < -0.39 is 0 Å². The van der Waals surface area contributed by atoms with E-state index in [9.17, 15) is 0 Å². The predicted molar refractivity (Wildman–Crippen MR) is 85.7 cm³/mol.